The number of carbonyl (C=O) groups excluding carboxylic acids is 1. The predicted molar refractivity (Wildman–Crippen MR) is 102 cm³/mol. The number of nitrogens with one attached hydrogen (secondary N) is 1. The van der Waals surface area contributed by atoms with E-state index in [1.807, 2.05) is 11.9 Å². The highest BCUT2D eigenvalue weighted by Crippen LogP contribution is 2.33. The molecule has 1 N–H and O–H groups in total. The Hall–Kier alpha value is -1.69. The molecule has 1 aromatic rings. The zero-order valence-electron chi connectivity index (χ0n) is 16.1. The molecule has 1 atom stereocenters. The number of carbonyl (C=O) groups is 1. The first-order valence-electron chi connectivity index (χ1n) is 10.2. The minimum atomic E-state index is 0.303. The van der Waals surface area contributed by atoms with Crippen molar-refractivity contribution >= 4 is 11.7 Å². The summed E-state index contributed by atoms with van der Waals surface area (Å²) in [6, 6.07) is 0.303. The number of likely N-dealkylation sites (tertiary alicyclic amines) is 1. The van der Waals surface area contributed by atoms with E-state index in [1.165, 1.54) is 37.7 Å². The van der Waals surface area contributed by atoms with Gasteiger partial charge >= 0.3 is 0 Å². The molecule has 142 valence electrons. The largest absolute Gasteiger partial charge is 0.373 e. The van der Waals surface area contributed by atoms with E-state index < -0.39 is 0 Å². The maximum absolute atomic E-state index is 12.8. The molecule has 0 radical (unpaired) electrons. The van der Waals surface area contributed by atoms with Crippen molar-refractivity contribution < 1.29 is 4.79 Å². The van der Waals surface area contributed by atoms with Gasteiger partial charge in [0.25, 0.3) is 0 Å². The van der Waals surface area contributed by atoms with Crippen LogP contribution in [0.2, 0.25) is 0 Å². The molecule has 0 spiro atoms. The molecule has 0 aromatic carbocycles. The van der Waals surface area contributed by atoms with Gasteiger partial charge in [0.15, 0.2) is 0 Å². The zero-order valence-corrected chi connectivity index (χ0v) is 16.1. The van der Waals surface area contributed by atoms with Crippen LogP contribution >= 0.6 is 0 Å². The first kappa shape index (κ1) is 17.7. The summed E-state index contributed by atoms with van der Waals surface area (Å²) in [4.78, 5) is 26.9. The molecule has 4 rings (SSSR count). The number of nitrogens with zero attached hydrogens (tertiary/aromatic N) is 4. The lowest BCUT2D eigenvalue weighted by Gasteiger charge is -2.31. The molecule has 6 nitrogen and oxygen atoms in total. The van der Waals surface area contributed by atoms with Gasteiger partial charge in [0, 0.05) is 25.6 Å². The highest BCUT2D eigenvalue weighted by Gasteiger charge is 2.30. The van der Waals surface area contributed by atoms with Gasteiger partial charge < -0.3 is 10.2 Å². The lowest BCUT2D eigenvalue weighted by atomic mass is 10.0. The Morgan fingerprint density at radius 1 is 1.15 bits per heavy atom. The summed E-state index contributed by atoms with van der Waals surface area (Å²) in [6.07, 6.45) is 8.90. The SMILES string of the molecule is CNc1nc([C@H]2CCCN2C)nc2c1CCN(C(=O)CC1CCCC1)C2. The smallest absolute Gasteiger partial charge is 0.223 e. The van der Waals surface area contributed by atoms with Gasteiger partial charge in [0.05, 0.1) is 18.3 Å². The summed E-state index contributed by atoms with van der Waals surface area (Å²) in [5.74, 6) is 2.78. The molecule has 1 aromatic heterocycles. The van der Waals surface area contributed by atoms with Crippen molar-refractivity contribution in [3.63, 3.8) is 0 Å². The van der Waals surface area contributed by atoms with E-state index >= 15 is 0 Å². The Morgan fingerprint density at radius 2 is 1.96 bits per heavy atom. The third-order valence-corrected chi connectivity index (χ3v) is 6.43. The Labute approximate surface area is 156 Å². The third kappa shape index (κ3) is 3.43. The van der Waals surface area contributed by atoms with Crippen LogP contribution in [-0.4, -0.2) is 52.9 Å². The van der Waals surface area contributed by atoms with E-state index in [-0.39, 0.29) is 0 Å². The normalized spacial score (nSPS) is 24.1. The van der Waals surface area contributed by atoms with Crippen LogP contribution in [-0.2, 0) is 17.8 Å². The second kappa shape index (κ2) is 7.51. The predicted octanol–water partition coefficient (Wildman–Crippen LogP) is 2.75. The summed E-state index contributed by atoms with van der Waals surface area (Å²) in [6.45, 7) is 2.53. The number of rotatable bonds is 4. The van der Waals surface area contributed by atoms with Gasteiger partial charge in [0.1, 0.15) is 11.6 Å². The maximum Gasteiger partial charge on any atom is 0.223 e. The number of hydrogen-bond donors (Lipinski definition) is 1. The van der Waals surface area contributed by atoms with E-state index in [0.717, 1.165) is 49.7 Å². The van der Waals surface area contributed by atoms with Crippen LogP contribution in [0.4, 0.5) is 5.82 Å². The van der Waals surface area contributed by atoms with Crippen LogP contribution in [0.1, 0.15) is 68.1 Å². The van der Waals surface area contributed by atoms with Crippen molar-refractivity contribution in [1.82, 2.24) is 19.8 Å². The molecular weight excluding hydrogens is 326 g/mol. The molecule has 3 aliphatic rings. The number of hydrogen-bond acceptors (Lipinski definition) is 5. The lowest BCUT2D eigenvalue weighted by molar-refractivity contribution is -0.133. The first-order chi connectivity index (χ1) is 12.7. The van der Waals surface area contributed by atoms with Crippen LogP contribution in [0.15, 0.2) is 0 Å². The number of aromatic nitrogens is 2. The molecule has 2 aliphatic heterocycles. The van der Waals surface area contributed by atoms with Gasteiger partial charge in [-0.25, -0.2) is 9.97 Å². The van der Waals surface area contributed by atoms with Gasteiger partial charge in [-0.15, -0.1) is 0 Å². The Balaban J connectivity index is 1.53. The van der Waals surface area contributed by atoms with Crippen molar-refractivity contribution in [2.45, 2.75) is 64.0 Å². The molecule has 6 heteroatoms. The molecule has 1 saturated carbocycles. The molecule has 1 aliphatic carbocycles. The van der Waals surface area contributed by atoms with E-state index in [4.69, 9.17) is 9.97 Å². The lowest BCUT2D eigenvalue weighted by Crippen LogP contribution is -2.38. The van der Waals surface area contributed by atoms with Gasteiger partial charge in [-0.2, -0.15) is 0 Å². The first-order valence-corrected chi connectivity index (χ1v) is 10.2. The molecule has 3 heterocycles. The average Bonchev–Trinajstić information content (AvgIpc) is 3.31. The zero-order chi connectivity index (χ0) is 18.1. The fourth-order valence-corrected chi connectivity index (χ4v) is 4.85. The van der Waals surface area contributed by atoms with Gasteiger partial charge in [-0.05, 0) is 51.6 Å². The number of amides is 1. The standard InChI is InChI=1S/C20H31N5O/c1-21-19-15-9-11-25(18(26)12-14-6-3-4-7-14)13-16(15)22-20(23-19)17-8-5-10-24(17)2/h14,17H,3-13H2,1-2H3,(H,21,22,23)/t17-/m1/s1. The molecule has 2 fully saturated rings. The van der Waals surface area contributed by atoms with Crippen LogP contribution < -0.4 is 5.32 Å². The third-order valence-electron chi connectivity index (χ3n) is 6.43. The Bertz CT molecular complexity index is 670. The summed E-state index contributed by atoms with van der Waals surface area (Å²) in [7, 11) is 4.08. The van der Waals surface area contributed by atoms with Crippen LogP contribution in [0, 0.1) is 5.92 Å². The van der Waals surface area contributed by atoms with Crippen molar-refractivity contribution in [3.8, 4) is 0 Å². The van der Waals surface area contributed by atoms with Crippen molar-refractivity contribution in [2.24, 2.45) is 5.92 Å². The second-order valence-electron chi connectivity index (χ2n) is 8.16. The Morgan fingerprint density at radius 3 is 2.65 bits per heavy atom. The summed E-state index contributed by atoms with van der Waals surface area (Å²) < 4.78 is 0. The maximum atomic E-state index is 12.8. The molecule has 1 amide bonds. The minimum Gasteiger partial charge on any atom is -0.373 e. The van der Waals surface area contributed by atoms with Gasteiger partial charge in [0.2, 0.25) is 5.91 Å². The van der Waals surface area contributed by atoms with E-state index in [9.17, 15) is 4.79 Å². The van der Waals surface area contributed by atoms with Crippen molar-refractivity contribution in [2.75, 3.05) is 32.5 Å². The summed E-state index contributed by atoms with van der Waals surface area (Å²) in [5.41, 5.74) is 2.24. The van der Waals surface area contributed by atoms with E-state index in [1.54, 1.807) is 0 Å². The minimum absolute atomic E-state index is 0.303. The highest BCUT2D eigenvalue weighted by atomic mass is 16.2. The molecule has 26 heavy (non-hydrogen) atoms. The average molecular weight is 358 g/mol. The van der Waals surface area contributed by atoms with Gasteiger partial charge in [-0.1, -0.05) is 12.8 Å². The Kier molecular flexibility index (Phi) is 5.11. The van der Waals surface area contributed by atoms with Crippen LogP contribution in [0.5, 0.6) is 0 Å². The van der Waals surface area contributed by atoms with Crippen molar-refractivity contribution in [1.29, 1.82) is 0 Å². The molecule has 0 unspecified atom stereocenters. The monoisotopic (exact) mass is 357 g/mol. The highest BCUT2D eigenvalue weighted by molar-refractivity contribution is 5.77. The van der Waals surface area contributed by atoms with E-state index in [2.05, 4.69) is 17.3 Å². The van der Waals surface area contributed by atoms with Crippen molar-refractivity contribution in [3.05, 3.63) is 17.1 Å². The molecule has 1 saturated heterocycles. The quantitative estimate of drug-likeness (QED) is 0.898. The van der Waals surface area contributed by atoms with E-state index in [0.29, 0.717) is 24.4 Å². The van der Waals surface area contributed by atoms with Gasteiger partial charge in [-0.3, -0.25) is 9.69 Å². The van der Waals surface area contributed by atoms with Crippen LogP contribution in [0.3, 0.4) is 0 Å². The number of anilines is 1. The summed E-state index contributed by atoms with van der Waals surface area (Å²) >= 11 is 0. The number of fused-ring (bicyclic) bond motifs is 1. The molecule has 0 bridgehead atoms. The fraction of sp³-hybridized carbons (Fsp3) is 0.750. The molecular formula is C20H31N5O. The van der Waals surface area contributed by atoms with Crippen LogP contribution in [0.25, 0.3) is 0 Å². The topological polar surface area (TPSA) is 61.4 Å². The second-order valence-corrected chi connectivity index (χ2v) is 8.16. The summed E-state index contributed by atoms with van der Waals surface area (Å²) in [5, 5.41) is 3.26. The fourth-order valence-electron chi connectivity index (χ4n) is 4.85.